The molecule has 1 heterocycles. The molecule has 1 fully saturated rings. The minimum Gasteiger partial charge on any atom is -0.378 e. The fraction of sp³-hybridized carbons (Fsp3) is 0.588. The van der Waals surface area contributed by atoms with Gasteiger partial charge in [-0.25, -0.2) is 0 Å². The van der Waals surface area contributed by atoms with Crippen molar-refractivity contribution in [2.75, 3.05) is 6.61 Å². The highest BCUT2D eigenvalue weighted by Crippen LogP contribution is 2.35. The molecule has 21 heavy (non-hydrogen) atoms. The molecule has 1 amide bonds. The van der Waals surface area contributed by atoms with Crippen molar-refractivity contribution in [3.8, 4) is 0 Å². The SMILES string of the molecule is O=C(CCC1CCCCO1)NC1c2ccccc2CC1Br. The van der Waals surface area contributed by atoms with Gasteiger partial charge in [0.15, 0.2) is 0 Å². The molecule has 1 N–H and O–H groups in total. The second-order valence-corrected chi connectivity index (χ2v) is 7.17. The van der Waals surface area contributed by atoms with Gasteiger partial charge < -0.3 is 10.1 Å². The van der Waals surface area contributed by atoms with Gasteiger partial charge in [-0.15, -0.1) is 0 Å². The Morgan fingerprint density at radius 1 is 1.33 bits per heavy atom. The Hall–Kier alpha value is -0.870. The number of nitrogens with one attached hydrogen (secondary N) is 1. The number of rotatable bonds is 4. The van der Waals surface area contributed by atoms with Gasteiger partial charge in [0.1, 0.15) is 0 Å². The lowest BCUT2D eigenvalue weighted by Gasteiger charge is -2.23. The van der Waals surface area contributed by atoms with E-state index in [0.29, 0.717) is 11.2 Å². The minimum absolute atomic E-state index is 0.0981. The molecular weight excluding hydrogens is 330 g/mol. The molecule has 114 valence electrons. The molecule has 0 saturated carbocycles. The van der Waals surface area contributed by atoms with E-state index in [1.165, 1.54) is 17.5 Å². The van der Waals surface area contributed by atoms with Gasteiger partial charge in [0.25, 0.3) is 0 Å². The summed E-state index contributed by atoms with van der Waals surface area (Å²) < 4.78 is 5.69. The highest BCUT2D eigenvalue weighted by molar-refractivity contribution is 9.09. The zero-order chi connectivity index (χ0) is 14.7. The van der Waals surface area contributed by atoms with Gasteiger partial charge >= 0.3 is 0 Å². The molecule has 1 aromatic carbocycles. The first kappa shape index (κ1) is 15.0. The lowest BCUT2D eigenvalue weighted by molar-refractivity contribution is -0.122. The van der Waals surface area contributed by atoms with E-state index >= 15 is 0 Å². The summed E-state index contributed by atoms with van der Waals surface area (Å²) in [5.41, 5.74) is 2.59. The summed E-state index contributed by atoms with van der Waals surface area (Å²) in [6.07, 6.45) is 6.14. The van der Waals surface area contributed by atoms with Crippen molar-refractivity contribution in [2.24, 2.45) is 0 Å². The number of carbonyl (C=O) groups excluding carboxylic acids is 1. The number of benzene rings is 1. The average Bonchev–Trinajstić information content (AvgIpc) is 2.82. The molecule has 0 radical (unpaired) electrons. The molecule has 3 atom stereocenters. The van der Waals surface area contributed by atoms with Crippen LogP contribution in [-0.2, 0) is 16.0 Å². The number of amides is 1. The van der Waals surface area contributed by atoms with Crippen LogP contribution in [0, 0.1) is 0 Å². The van der Waals surface area contributed by atoms with Crippen LogP contribution in [-0.4, -0.2) is 23.4 Å². The molecule has 1 aliphatic heterocycles. The highest BCUT2D eigenvalue weighted by Gasteiger charge is 2.31. The number of halogens is 1. The summed E-state index contributed by atoms with van der Waals surface area (Å²) in [5.74, 6) is 0.135. The number of hydrogen-bond acceptors (Lipinski definition) is 2. The Labute approximate surface area is 134 Å². The lowest BCUT2D eigenvalue weighted by Crippen LogP contribution is -2.32. The molecule has 0 aromatic heterocycles. The van der Waals surface area contributed by atoms with Crippen molar-refractivity contribution in [1.82, 2.24) is 5.32 Å². The predicted molar refractivity (Wildman–Crippen MR) is 86.6 cm³/mol. The van der Waals surface area contributed by atoms with E-state index < -0.39 is 0 Å². The standard InChI is InChI=1S/C17H22BrNO2/c18-15-11-12-5-1-2-7-14(12)17(15)19-16(20)9-8-13-6-3-4-10-21-13/h1-2,5,7,13,15,17H,3-4,6,8-11H2,(H,19,20). The second kappa shape index (κ2) is 6.93. The molecule has 1 aliphatic carbocycles. The summed E-state index contributed by atoms with van der Waals surface area (Å²) in [6, 6.07) is 8.46. The van der Waals surface area contributed by atoms with E-state index in [1.54, 1.807) is 0 Å². The van der Waals surface area contributed by atoms with E-state index in [0.717, 1.165) is 32.3 Å². The van der Waals surface area contributed by atoms with Crippen LogP contribution in [0.25, 0.3) is 0 Å². The third kappa shape index (κ3) is 3.67. The van der Waals surface area contributed by atoms with Crippen LogP contribution in [0.2, 0.25) is 0 Å². The maximum Gasteiger partial charge on any atom is 0.220 e. The molecule has 3 rings (SSSR count). The Bertz CT molecular complexity index is 499. The molecule has 1 saturated heterocycles. The van der Waals surface area contributed by atoms with Crippen molar-refractivity contribution in [2.45, 2.75) is 55.5 Å². The number of hydrogen-bond donors (Lipinski definition) is 1. The lowest BCUT2D eigenvalue weighted by atomic mass is 10.0. The van der Waals surface area contributed by atoms with Crippen LogP contribution < -0.4 is 5.32 Å². The summed E-state index contributed by atoms with van der Waals surface area (Å²) in [6.45, 7) is 0.853. The first-order chi connectivity index (χ1) is 10.2. The molecule has 2 aliphatic rings. The smallest absolute Gasteiger partial charge is 0.220 e. The van der Waals surface area contributed by atoms with Gasteiger partial charge in [-0.05, 0) is 43.2 Å². The van der Waals surface area contributed by atoms with Gasteiger partial charge in [0.2, 0.25) is 5.91 Å². The fourth-order valence-electron chi connectivity index (χ4n) is 3.29. The van der Waals surface area contributed by atoms with Crippen LogP contribution in [0.5, 0.6) is 0 Å². The maximum absolute atomic E-state index is 12.2. The third-order valence-electron chi connectivity index (χ3n) is 4.45. The molecule has 4 heteroatoms. The molecule has 3 nitrogen and oxygen atoms in total. The number of alkyl halides is 1. The summed E-state index contributed by atoms with van der Waals surface area (Å²) in [5, 5.41) is 3.18. The fourth-order valence-corrected chi connectivity index (χ4v) is 4.05. The highest BCUT2D eigenvalue weighted by atomic mass is 79.9. The van der Waals surface area contributed by atoms with Gasteiger partial charge in [0.05, 0.1) is 12.1 Å². The van der Waals surface area contributed by atoms with Crippen molar-refractivity contribution in [3.05, 3.63) is 35.4 Å². The summed E-state index contributed by atoms with van der Waals surface area (Å²) >= 11 is 3.70. The first-order valence-electron chi connectivity index (χ1n) is 7.87. The van der Waals surface area contributed by atoms with Crippen molar-refractivity contribution in [1.29, 1.82) is 0 Å². The van der Waals surface area contributed by atoms with E-state index in [4.69, 9.17) is 4.74 Å². The zero-order valence-electron chi connectivity index (χ0n) is 12.2. The van der Waals surface area contributed by atoms with Crippen molar-refractivity contribution < 1.29 is 9.53 Å². The van der Waals surface area contributed by atoms with Crippen molar-refractivity contribution in [3.63, 3.8) is 0 Å². The Morgan fingerprint density at radius 3 is 3.00 bits per heavy atom. The molecule has 0 bridgehead atoms. The summed E-state index contributed by atoms with van der Waals surface area (Å²) in [7, 11) is 0. The number of carbonyl (C=O) groups is 1. The first-order valence-corrected chi connectivity index (χ1v) is 8.78. The Morgan fingerprint density at radius 2 is 2.19 bits per heavy atom. The van der Waals surface area contributed by atoms with Crippen LogP contribution in [0.1, 0.15) is 49.3 Å². The predicted octanol–water partition coefficient (Wildman–Crippen LogP) is 3.51. The quantitative estimate of drug-likeness (QED) is 0.843. The van der Waals surface area contributed by atoms with Crippen molar-refractivity contribution >= 4 is 21.8 Å². The van der Waals surface area contributed by atoms with Crippen LogP contribution in [0.15, 0.2) is 24.3 Å². The normalized spacial score (nSPS) is 28.1. The topological polar surface area (TPSA) is 38.3 Å². The molecule has 3 unspecified atom stereocenters. The molecule has 0 spiro atoms. The summed E-state index contributed by atoms with van der Waals surface area (Å²) in [4.78, 5) is 12.5. The van der Waals surface area contributed by atoms with Gasteiger partial charge in [-0.2, -0.15) is 0 Å². The average molecular weight is 352 g/mol. The minimum atomic E-state index is 0.0981. The van der Waals surface area contributed by atoms with E-state index in [1.807, 2.05) is 6.07 Å². The van der Waals surface area contributed by atoms with E-state index in [9.17, 15) is 4.79 Å². The van der Waals surface area contributed by atoms with E-state index in [-0.39, 0.29) is 18.1 Å². The van der Waals surface area contributed by atoms with Crippen LogP contribution >= 0.6 is 15.9 Å². The Kier molecular flexibility index (Phi) is 4.96. The van der Waals surface area contributed by atoms with Gasteiger partial charge in [-0.3, -0.25) is 4.79 Å². The second-order valence-electron chi connectivity index (χ2n) is 5.99. The number of fused-ring (bicyclic) bond motifs is 1. The van der Waals surface area contributed by atoms with Gasteiger partial charge in [-0.1, -0.05) is 40.2 Å². The Balaban J connectivity index is 1.52. The van der Waals surface area contributed by atoms with E-state index in [2.05, 4.69) is 39.4 Å². The monoisotopic (exact) mass is 351 g/mol. The largest absolute Gasteiger partial charge is 0.378 e. The maximum atomic E-state index is 12.2. The molecular formula is C17H22BrNO2. The van der Waals surface area contributed by atoms with Crippen LogP contribution in [0.4, 0.5) is 0 Å². The molecule has 1 aromatic rings. The third-order valence-corrected chi connectivity index (χ3v) is 5.30. The number of ether oxygens (including phenoxy) is 1. The van der Waals surface area contributed by atoms with Crippen LogP contribution in [0.3, 0.4) is 0 Å². The van der Waals surface area contributed by atoms with Gasteiger partial charge in [0, 0.05) is 17.9 Å². The zero-order valence-corrected chi connectivity index (χ0v) is 13.8.